The van der Waals surface area contributed by atoms with E-state index >= 15 is 0 Å². The Hall–Kier alpha value is -3.62. The molecular weight excluding hydrogens is 506 g/mol. The predicted molar refractivity (Wildman–Crippen MR) is 127 cm³/mol. The van der Waals surface area contributed by atoms with Gasteiger partial charge in [0.05, 0.1) is 11.6 Å². The molecular formula is C26H27F4N5O3. The van der Waals surface area contributed by atoms with Gasteiger partial charge >= 0.3 is 0 Å². The number of aromatic amines is 1. The highest BCUT2D eigenvalue weighted by Gasteiger charge is 2.58. The first-order valence-electron chi connectivity index (χ1n) is 12.6. The van der Waals surface area contributed by atoms with Crippen molar-refractivity contribution in [3.63, 3.8) is 0 Å². The van der Waals surface area contributed by atoms with Gasteiger partial charge in [0.1, 0.15) is 29.4 Å². The molecule has 38 heavy (non-hydrogen) atoms. The third-order valence-electron chi connectivity index (χ3n) is 8.01. The third-order valence-corrected chi connectivity index (χ3v) is 8.01. The summed E-state index contributed by atoms with van der Waals surface area (Å²) in [5, 5.41) is 14.8. The van der Waals surface area contributed by atoms with Gasteiger partial charge in [-0.1, -0.05) is 0 Å². The van der Waals surface area contributed by atoms with Crippen LogP contribution in [0.25, 0.3) is 10.9 Å². The molecule has 2 saturated heterocycles. The number of aromatic nitrogens is 1. The van der Waals surface area contributed by atoms with E-state index in [2.05, 4.69) is 15.6 Å². The van der Waals surface area contributed by atoms with E-state index in [1.165, 1.54) is 6.92 Å². The number of carbonyl (C=O) groups is 3. The summed E-state index contributed by atoms with van der Waals surface area (Å²) in [5.41, 5.74) is -0.336. The minimum Gasteiger partial charge on any atom is -0.356 e. The monoisotopic (exact) mass is 533 g/mol. The van der Waals surface area contributed by atoms with E-state index in [1.54, 1.807) is 0 Å². The Balaban J connectivity index is 1.41. The van der Waals surface area contributed by atoms with E-state index < -0.39 is 72.1 Å². The van der Waals surface area contributed by atoms with E-state index in [9.17, 15) is 37.2 Å². The number of nitrogens with zero attached hydrogens (tertiary/aromatic N) is 2. The van der Waals surface area contributed by atoms with Crippen LogP contribution in [0, 0.1) is 47.6 Å². The first-order chi connectivity index (χ1) is 18.0. The summed E-state index contributed by atoms with van der Waals surface area (Å²) in [4.78, 5) is 42.8. The zero-order chi connectivity index (χ0) is 27.4. The minimum absolute atomic E-state index is 0.0419. The number of hydrogen-bond donors (Lipinski definition) is 3. The van der Waals surface area contributed by atoms with Crippen LogP contribution in [0.1, 0.15) is 48.2 Å². The maximum atomic E-state index is 14.6. The van der Waals surface area contributed by atoms with Gasteiger partial charge in [-0.3, -0.25) is 14.4 Å². The summed E-state index contributed by atoms with van der Waals surface area (Å²) in [7, 11) is 0. The fourth-order valence-corrected chi connectivity index (χ4v) is 6.20. The summed E-state index contributed by atoms with van der Waals surface area (Å²) in [5.74, 6) is -8.18. The molecule has 3 heterocycles. The number of likely N-dealkylation sites (tertiary alicyclic amines) is 1. The van der Waals surface area contributed by atoms with Crippen molar-refractivity contribution in [3.8, 4) is 6.07 Å². The quantitative estimate of drug-likeness (QED) is 0.512. The van der Waals surface area contributed by atoms with Gasteiger partial charge in [-0.15, -0.1) is 0 Å². The van der Waals surface area contributed by atoms with Crippen LogP contribution in [0.15, 0.2) is 12.1 Å². The van der Waals surface area contributed by atoms with Crippen LogP contribution in [0.4, 0.5) is 17.6 Å². The number of aryl methyl sites for hydroxylation is 1. The van der Waals surface area contributed by atoms with Gasteiger partial charge in [-0.05, 0) is 55.7 Å². The Bertz CT molecular complexity index is 1350. The standard InChI is InChI=1S/C26H27F4N5O3/c1-12-5-18(27)16-7-19(34-21(16)20(12)28)25(38)35-11-14-8-26(29,30)9-17(14)22(35)24(37)33-15(10-31)6-13-3-2-4-32-23(13)36/h5,7,13-15,17,22,34H,2-4,6,8-9,11H2,1H3,(H,32,36)(H,33,37)/t13-,14-,15-,17-,22+/m1/s1. The lowest BCUT2D eigenvalue weighted by Crippen LogP contribution is -2.52. The summed E-state index contributed by atoms with van der Waals surface area (Å²) in [6.45, 7) is 1.78. The van der Waals surface area contributed by atoms with Crippen molar-refractivity contribution in [3.05, 3.63) is 35.0 Å². The van der Waals surface area contributed by atoms with E-state index in [-0.39, 0.29) is 41.0 Å². The van der Waals surface area contributed by atoms with Gasteiger partial charge in [0.15, 0.2) is 0 Å². The van der Waals surface area contributed by atoms with Crippen molar-refractivity contribution in [2.75, 3.05) is 13.1 Å². The summed E-state index contributed by atoms with van der Waals surface area (Å²) >= 11 is 0. The molecule has 1 saturated carbocycles. The molecule has 12 heteroatoms. The molecule has 5 atom stereocenters. The highest BCUT2D eigenvalue weighted by Crippen LogP contribution is 2.50. The van der Waals surface area contributed by atoms with Crippen LogP contribution in [-0.4, -0.2) is 58.7 Å². The zero-order valence-electron chi connectivity index (χ0n) is 20.6. The number of hydrogen-bond acceptors (Lipinski definition) is 4. The molecule has 5 rings (SSSR count). The van der Waals surface area contributed by atoms with E-state index in [0.29, 0.717) is 13.0 Å². The molecule has 1 aromatic carbocycles. The Kier molecular flexibility index (Phi) is 6.57. The van der Waals surface area contributed by atoms with Gasteiger partial charge in [0, 0.05) is 37.2 Å². The number of piperidine rings is 1. The number of rotatable bonds is 5. The lowest BCUT2D eigenvalue weighted by molar-refractivity contribution is -0.129. The molecule has 0 spiro atoms. The number of H-pyrrole nitrogens is 1. The molecule has 2 aliphatic heterocycles. The van der Waals surface area contributed by atoms with Gasteiger partial charge in [0.25, 0.3) is 5.91 Å². The second-order valence-corrected chi connectivity index (χ2v) is 10.6. The van der Waals surface area contributed by atoms with Crippen LogP contribution in [-0.2, 0) is 9.59 Å². The van der Waals surface area contributed by atoms with E-state index in [0.717, 1.165) is 23.5 Å². The van der Waals surface area contributed by atoms with Crippen LogP contribution >= 0.6 is 0 Å². The van der Waals surface area contributed by atoms with Gasteiger partial charge < -0.3 is 20.5 Å². The Morgan fingerprint density at radius 3 is 2.76 bits per heavy atom. The maximum absolute atomic E-state index is 14.6. The van der Waals surface area contributed by atoms with Crippen molar-refractivity contribution < 1.29 is 31.9 Å². The molecule has 0 unspecified atom stereocenters. The maximum Gasteiger partial charge on any atom is 0.271 e. The molecule has 1 aliphatic carbocycles. The van der Waals surface area contributed by atoms with Gasteiger partial charge in [-0.25, -0.2) is 17.6 Å². The second-order valence-electron chi connectivity index (χ2n) is 10.6. The van der Waals surface area contributed by atoms with Crippen LogP contribution in [0.5, 0.6) is 0 Å². The largest absolute Gasteiger partial charge is 0.356 e. The zero-order valence-corrected chi connectivity index (χ0v) is 20.6. The molecule has 8 nitrogen and oxygen atoms in total. The number of alkyl halides is 2. The van der Waals surface area contributed by atoms with Crippen molar-refractivity contribution in [2.45, 2.75) is 57.0 Å². The lowest BCUT2D eigenvalue weighted by atomic mass is 9.90. The molecule has 1 aromatic heterocycles. The van der Waals surface area contributed by atoms with Crippen molar-refractivity contribution >= 4 is 28.6 Å². The normalized spacial score (nSPS) is 27.1. The van der Waals surface area contributed by atoms with Crippen molar-refractivity contribution in [1.29, 1.82) is 5.26 Å². The molecule has 3 amide bonds. The third kappa shape index (κ3) is 4.59. The molecule has 202 valence electrons. The van der Waals surface area contributed by atoms with E-state index in [1.807, 2.05) is 6.07 Å². The number of halogens is 4. The SMILES string of the molecule is Cc1cc(F)c2cc(C(=O)N3C[C@H]4CC(F)(F)C[C@H]4[C@H]3C(=O)N[C@@H](C#N)C[C@H]3CCCNC3=O)[nH]c2c1F. The highest BCUT2D eigenvalue weighted by atomic mass is 19.3. The highest BCUT2D eigenvalue weighted by molar-refractivity contribution is 6.01. The van der Waals surface area contributed by atoms with E-state index in [4.69, 9.17) is 0 Å². The van der Waals surface area contributed by atoms with Crippen molar-refractivity contribution in [1.82, 2.24) is 20.5 Å². The second kappa shape index (κ2) is 9.60. The first kappa shape index (κ1) is 26.0. The average Bonchev–Trinajstić information content (AvgIpc) is 3.53. The molecule has 0 radical (unpaired) electrons. The molecule has 3 fully saturated rings. The van der Waals surface area contributed by atoms with Crippen LogP contribution in [0.2, 0.25) is 0 Å². The number of fused-ring (bicyclic) bond motifs is 2. The molecule has 3 N–H and O–H groups in total. The number of nitriles is 1. The predicted octanol–water partition coefficient (Wildman–Crippen LogP) is 3.17. The number of carbonyl (C=O) groups excluding carboxylic acids is 3. The minimum atomic E-state index is -3.00. The molecule has 3 aliphatic rings. The Morgan fingerprint density at radius 1 is 1.29 bits per heavy atom. The molecule has 0 bridgehead atoms. The Labute approximate surface area is 215 Å². The van der Waals surface area contributed by atoms with Crippen LogP contribution in [0.3, 0.4) is 0 Å². The summed E-state index contributed by atoms with van der Waals surface area (Å²) < 4.78 is 57.6. The van der Waals surface area contributed by atoms with Gasteiger partial charge in [-0.2, -0.15) is 5.26 Å². The smallest absolute Gasteiger partial charge is 0.271 e. The number of amides is 3. The number of nitrogens with one attached hydrogen (secondary N) is 3. The van der Waals surface area contributed by atoms with Gasteiger partial charge in [0.2, 0.25) is 17.7 Å². The average molecular weight is 534 g/mol. The fourth-order valence-electron chi connectivity index (χ4n) is 6.20. The molecule has 2 aromatic rings. The van der Waals surface area contributed by atoms with Crippen molar-refractivity contribution in [2.24, 2.45) is 17.8 Å². The summed E-state index contributed by atoms with van der Waals surface area (Å²) in [6.07, 6.45) is 0.245. The van der Waals surface area contributed by atoms with Crippen LogP contribution < -0.4 is 10.6 Å². The summed E-state index contributed by atoms with van der Waals surface area (Å²) in [6, 6.07) is 1.74. The Morgan fingerprint density at radius 2 is 2.05 bits per heavy atom. The fraction of sp³-hybridized carbons (Fsp3) is 0.538. The first-order valence-corrected chi connectivity index (χ1v) is 12.6. The lowest BCUT2D eigenvalue weighted by Gasteiger charge is -2.29. The topological polar surface area (TPSA) is 118 Å². The number of benzene rings is 1.